The van der Waals surface area contributed by atoms with Gasteiger partial charge in [0.25, 0.3) is 5.91 Å². The van der Waals surface area contributed by atoms with Crippen LogP contribution in [-0.2, 0) is 9.47 Å². The Hall–Kier alpha value is -1.66. The lowest BCUT2D eigenvalue weighted by molar-refractivity contribution is 0.0857. The molecule has 2 unspecified atom stereocenters. The first kappa shape index (κ1) is 15.2. The minimum absolute atomic E-state index is 0.0851. The second-order valence-electron chi connectivity index (χ2n) is 5.79. The number of nitrogens with one attached hydrogen (secondary N) is 2. The number of carbonyl (C=O) groups is 1. The fraction of sp³-hybridized carbons (Fsp3) is 0.625. The molecule has 0 radical (unpaired) electrons. The topological polar surface area (TPSA) is 72.5 Å². The summed E-state index contributed by atoms with van der Waals surface area (Å²) in [6, 6.07) is 3.50. The molecule has 120 valence electrons. The minimum Gasteiger partial charge on any atom is -0.376 e. The van der Waals surface area contributed by atoms with E-state index < -0.39 is 0 Å². The van der Waals surface area contributed by atoms with Crippen molar-refractivity contribution < 1.29 is 14.3 Å². The molecule has 2 fully saturated rings. The number of hydrogen-bond donors (Lipinski definition) is 2. The SMILES string of the molecule is O=C(NCC1CCCO1)c1ccnc(NCC2CCCO2)c1. The fourth-order valence-corrected chi connectivity index (χ4v) is 2.81. The molecule has 6 heteroatoms. The molecular weight excluding hydrogens is 282 g/mol. The second-order valence-corrected chi connectivity index (χ2v) is 5.79. The number of aromatic nitrogens is 1. The van der Waals surface area contributed by atoms with Crippen molar-refractivity contribution in [1.82, 2.24) is 10.3 Å². The van der Waals surface area contributed by atoms with Crippen molar-refractivity contribution in [3.05, 3.63) is 23.9 Å². The number of rotatable bonds is 6. The second kappa shape index (κ2) is 7.56. The minimum atomic E-state index is -0.0851. The Morgan fingerprint density at radius 2 is 1.91 bits per heavy atom. The molecule has 3 heterocycles. The molecule has 2 N–H and O–H groups in total. The Balaban J connectivity index is 1.49. The lowest BCUT2D eigenvalue weighted by atomic mass is 10.2. The van der Waals surface area contributed by atoms with Gasteiger partial charge in [0, 0.05) is 38.1 Å². The monoisotopic (exact) mass is 305 g/mol. The van der Waals surface area contributed by atoms with Crippen molar-refractivity contribution in [1.29, 1.82) is 0 Å². The fourth-order valence-electron chi connectivity index (χ4n) is 2.81. The normalized spacial score (nSPS) is 24.4. The van der Waals surface area contributed by atoms with Gasteiger partial charge < -0.3 is 20.1 Å². The van der Waals surface area contributed by atoms with Gasteiger partial charge in [0.1, 0.15) is 5.82 Å². The van der Waals surface area contributed by atoms with Crippen LogP contribution in [0, 0.1) is 0 Å². The molecule has 6 nitrogen and oxygen atoms in total. The molecule has 1 aromatic rings. The van der Waals surface area contributed by atoms with Gasteiger partial charge in [0.15, 0.2) is 0 Å². The largest absolute Gasteiger partial charge is 0.376 e. The zero-order valence-electron chi connectivity index (χ0n) is 12.7. The highest BCUT2D eigenvalue weighted by Crippen LogP contribution is 2.14. The van der Waals surface area contributed by atoms with Crippen LogP contribution in [0.5, 0.6) is 0 Å². The molecule has 0 bridgehead atoms. The van der Waals surface area contributed by atoms with Crippen LogP contribution in [0.15, 0.2) is 18.3 Å². The molecule has 0 spiro atoms. The number of amides is 1. The highest BCUT2D eigenvalue weighted by molar-refractivity contribution is 5.94. The van der Waals surface area contributed by atoms with Gasteiger partial charge in [-0.1, -0.05) is 0 Å². The van der Waals surface area contributed by atoms with Crippen molar-refractivity contribution in [2.24, 2.45) is 0 Å². The van der Waals surface area contributed by atoms with Gasteiger partial charge in [-0.05, 0) is 37.8 Å². The number of carbonyl (C=O) groups excluding carboxylic acids is 1. The molecular formula is C16H23N3O3. The van der Waals surface area contributed by atoms with Crippen molar-refractivity contribution in [3.8, 4) is 0 Å². The summed E-state index contributed by atoms with van der Waals surface area (Å²) in [5.74, 6) is 0.623. The van der Waals surface area contributed by atoms with Crippen molar-refractivity contribution >= 4 is 11.7 Å². The van der Waals surface area contributed by atoms with Crippen molar-refractivity contribution in [2.45, 2.75) is 37.9 Å². The van der Waals surface area contributed by atoms with Gasteiger partial charge in [0.05, 0.1) is 12.2 Å². The zero-order valence-corrected chi connectivity index (χ0v) is 12.7. The molecule has 1 aromatic heterocycles. The molecule has 0 saturated carbocycles. The van der Waals surface area contributed by atoms with Gasteiger partial charge in [-0.3, -0.25) is 4.79 Å². The van der Waals surface area contributed by atoms with Crippen molar-refractivity contribution in [2.75, 3.05) is 31.6 Å². The van der Waals surface area contributed by atoms with Gasteiger partial charge >= 0.3 is 0 Å². The average molecular weight is 305 g/mol. The summed E-state index contributed by atoms with van der Waals surface area (Å²) in [4.78, 5) is 16.4. The lowest BCUT2D eigenvalue weighted by Crippen LogP contribution is -2.31. The standard InChI is InChI=1S/C16H23N3O3/c20-16(19-11-14-4-2-8-22-14)12-5-6-17-15(9-12)18-10-13-3-1-7-21-13/h5-6,9,13-14H,1-4,7-8,10-11H2,(H,17,18)(H,19,20). The van der Waals surface area contributed by atoms with Crippen LogP contribution in [-0.4, -0.2) is 49.4 Å². The number of anilines is 1. The van der Waals surface area contributed by atoms with E-state index in [4.69, 9.17) is 9.47 Å². The third-order valence-corrected chi connectivity index (χ3v) is 4.07. The number of hydrogen-bond acceptors (Lipinski definition) is 5. The van der Waals surface area contributed by atoms with E-state index in [2.05, 4.69) is 15.6 Å². The van der Waals surface area contributed by atoms with Crippen LogP contribution < -0.4 is 10.6 Å². The Morgan fingerprint density at radius 1 is 1.18 bits per heavy atom. The molecule has 2 saturated heterocycles. The number of nitrogens with zero attached hydrogens (tertiary/aromatic N) is 1. The van der Waals surface area contributed by atoms with E-state index in [0.717, 1.165) is 45.4 Å². The predicted octanol–water partition coefficient (Wildman–Crippen LogP) is 1.58. The first-order chi connectivity index (χ1) is 10.8. The maximum absolute atomic E-state index is 12.2. The maximum atomic E-state index is 12.2. The lowest BCUT2D eigenvalue weighted by Gasteiger charge is -2.13. The van der Waals surface area contributed by atoms with Gasteiger partial charge in [-0.15, -0.1) is 0 Å². The molecule has 0 aromatic carbocycles. The molecule has 3 rings (SSSR count). The number of ether oxygens (including phenoxy) is 2. The first-order valence-corrected chi connectivity index (χ1v) is 8.02. The predicted molar refractivity (Wildman–Crippen MR) is 83.0 cm³/mol. The van der Waals surface area contributed by atoms with Crippen LogP contribution in [0.1, 0.15) is 36.0 Å². The van der Waals surface area contributed by atoms with Crippen LogP contribution in [0.2, 0.25) is 0 Å². The van der Waals surface area contributed by atoms with Crippen LogP contribution >= 0.6 is 0 Å². The molecule has 2 aliphatic heterocycles. The highest BCUT2D eigenvalue weighted by Gasteiger charge is 2.17. The van der Waals surface area contributed by atoms with E-state index in [0.29, 0.717) is 17.9 Å². The van der Waals surface area contributed by atoms with E-state index >= 15 is 0 Å². The van der Waals surface area contributed by atoms with E-state index in [1.165, 1.54) is 0 Å². The summed E-state index contributed by atoms with van der Waals surface area (Å²) < 4.78 is 11.1. The van der Waals surface area contributed by atoms with Gasteiger partial charge in [0.2, 0.25) is 0 Å². The molecule has 0 aliphatic carbocycles. The molecule has 2 atom stereocenters. The Kier molecular flexibility index (Phi) is 5.24. The third-order valence-electron chi connectivity index (χ3n) is 4.07. The van der Waals surface area contributed by atoms with Gasteiger partial charge in [-0.25, -0.2) is 4.98 Å². The zero-order chi connectivity index (χ0) is 15.2. The van der Waals surface area contributed by atoms with E-state index in [1.54, 1.807) is 18.3 Å². The highest BCUT2D eigenvalue weighted by atomic mass is 16.5. The summed E-state index contributed by atoms with van der Waals surface area (Å²) in [5, 5.41) is 6.16. The summed E-state index contributed by atoms with van der Waals surface area (Å²) in [6.07, 6.45) is 6.35. The molecule has 22 heavy (non-hydrogen) atoms. The summed E-state index contributed by atoms with van der Waals surface area (Å²) in [5.41, 5.74) is 0.614. The van der Waals surface area contributed by atoms with Crippen LogP contribution in [0.25, 0.3) is 0 Å². The third kappa shape index (κ3) is 4.18. The molecule has 1 amide bonds. The van der Waals surface area contributed by atoms with Crippen LogP contribution in [0.4, 0.5) is 5.82 Å². The number of pyridine rings is 1. The Morgan fingerprint density at radius 3 is 2.59 bits per heavy atom. The first-order valence-electron chi connectivity index (χ1n) is 8.02. The Labute approximate surface area is 130 Å². The summed E-state index contributed by atoms with van der Waals surface area (Å²) in [7, 11) is 0. The Bertz CT molecular complexity index is 497. The smallest absolute Gasteiger partial charge is 0.251 e. The summed E-state index contributed by atoms with van der Waals surface area (Å²) >= 11 is 0. The summed E-state index contributed by atoms with van der Waals surface area (Å²) in [6.45, 7) is 2.94. The molecule has 2 aliphatic rings. The maximum Gasteiger partial charge on any atom is 0.251 e. The van der Waals surface area contributed by atoms with Gasteiger partial charge in [-0.2, -0.15) is 0 Å². The van der Waals surface area contributed by atoms with Crippen molar-refractivity contribution in [3.63, 3.8) is 0 Å². The quantitative estimate of drug-likeness (QED) is 0.835. The van der Waals surface area contributed by atoms with E-state index in [-0.39, 0.29) is 18.1 Å². The average Bonchev–Trinajstić information content (AvgIpc) is 3.24. The van der Waals surface area contributed by atoms with E-state index in [9.17, 15) is 4.79 Å². The van der Waals surface area contributed by atoms with E-state index in [1.807, 2.05) is 0 Å². The van der Waals surface area contributed by atoms with Crippen LogP contribution in [0.3, 0.4) is 0 Å².